The molecule has 0 saturated heterocycles. The molecule has 0 bridgehead atoms. The molecule has 28 heavy (non-hydrogen) atoms. The summed E-state index contributed by atoms with van der Waals surface area (Å²) in [5.74, 6) is 0.0328. The summed E-state index contributed by atoms with van der Waals surface area (Å²) in [6, 6.07) is 19.9. The second-order valence-corrected chi connectivity index (χ2v) is 6.86. The van der Waals surface area contributed by atoms with Crippen LogP contribution in [0.15, 0.2) is 82.0 Å². The van der Waals surface area contributed by atoms with Gasteiger partial charge < -0.3 is 9.15 Å². The summed E-state index contributed by atoms with van der Waals surface area (Å²) in [5, 5.41) is 0.913. The zero-order valence-corrected chi connectivity index (χ0v) is 15.8. The van der Waals surface area contributed by atoms with Crippen LogP contribution < -0.4 is 10.2 Å². The Bertz CT molecular complexity index is 1250. The first-order valence-electron chi connectivity index (χ1n) is 8.32. The van der Waals surface area contributed by atoms with Crippen molar-refractivity contribution in [1.29, 1.82) is 0 Å². The van der Waals surface area contributed by atoms with Gasteiger partial charge in [0.15, 0.2) is 5.43 Å². The third-order valence-corrected chi connectivity index (χ3v) is 4.67. The van der Waals surface area contributed by atoms with Crippen molar-refractivity contribution in [2.45, 2.75) is 0 Å². The normalized spacial score (nSPS) is 10.8. The van der Waals surface area contributed by atoms with Crippen molar-refractivity contribution < 1.29 is 13.9 Å². The Hall–Kier alpha value is -3.08. The predicted molar refractivity (Wildman–Crippen MR) is 109 cm³/mol. The lowest BCUT2D eigenvalue weighted by molar-refractivity contribution is 0.0735. The maximum Gasteiger partial charge on any atom is 0.345 e. The van der Waals surface area contributed by atoms with Gasteiger partial charge in [-0.3, -0.25) is 4.79 Å². The van der Waals surface area contributed by atoms with E-state index in [-0.39, 0.29) is 21.8 Å². The van der Waals surface area contributed by atoms with E-state index < -0.39 is 5.97 Å². The number of hydrogen-bond donors (Lipinski definition) is 0. The molecule has 0 aliphatic carbocycles. The SMILES string of the molecule is O=C(Oc1ccc2oc(-c3ccccc3)cc(=O)c2c1)c1ccc(Cl)cc1Cl. The molecule has 4 rings (SSSR count). The van der Waals surface area contributed by atoms with Crippen LogP contribution in [0.25, 0.3) is 22.3 Å². The molecule has 0 fully saturated rings. The molecule has 0 radical (unpaired) electrons. The smallest absolute Gasteiger partial charge is 0.345 e. The van der Waals surface area contributed by atoms with Gasteiger partial charge in [-0.15, -0.1) is 0 Å². The number of hydrogen-bond acceptors (Lipinski definition) is 4. The van der Waals surface area contributed by atoms with E-state index in [4.69, 9.17) is 32.4 Å². The van der Waals surface area contributed by atoms with Crippen molar-refractivity contribution >= 4 is 40.1 Å². The summed E-state index contributed by atoms with van der Waals surface area (Å²) < 4.78 is 11.2. The average molecular weight is 411 g/mol. The summed E-state index contributed by atoms with van der Waals surface area (Å²) in [7, 11) is 0. The minimum absolute atomic E-state index is 0.178. The highest BCUT2D eigenvalue weighted by atomic mass is 35.5. The number of fused-ring (bicyclic) bond motifs is 1. The number of ether oxygens (including phenoxy) is 1. The second-order valence-electron chi connectivity index (χ2n) is 6.01. The predicted octanol–water partition coefficient (Wildman–Crippen LogP) is 5.99. The van der Waals surface area contributed by atoms with Gasteiger partial charge in [0.1, 0.15) is 17.1 Å². The molecule has 0 atom stereocenters. The molecule has 1 aromatic heterocycles. The van der Waals surface area contributed by atoms with Crippen LogP contribution in [0, 0.1) is 0 Å². The highest BCUT2D eigenvalue weighted by Crippen LogP contribution is 2.26. The van der Waals surface area contributed by atoms with Gasteiger partial charge in [-0.1, -0.05) is 53.5 Å². The standard InChI is InChI=1S/C22H12Cl2O4/c23-14-6-8-16(18(24)10-14)22(26)27-15-7-9-20-17(11-15)19(25)12-21(28-20)13-4-2-1-3-5-13/h1-12H. The van der Waals surface area contributed by atoms with Crippen molar-refractivity contribution in [3.63, 3.8) is 0 Å². The van der Waals surface area contributed by atoms with Gasteiger partial charge in [-0.2, -0.15) is 0 Å². The van der Waals surface area contributed by atoms with Crippen molar-refractivity contribution in [3.05, 3.63) is 98.6 Å². The van der Waals surface area contributed by atoms with Crippen LogP contribution >= 0.6 is 23.2 Å². The summed E-state index contributed by atoms with van der Waals surface area (Å²) in [6.45, 7) is 0. The van der Waals surface area contributed by atoms with Gasteiger partial charge in [0.25, 0.3) is 0 Å². The van der Waals surface area contributed by atoms with Gasteiger partial charge in [-0.05, 0) is 36.4 Å². The fraction of sp³-hybridized carbons (Fsp3) is 0. The zero-order valence-electron chi connectivity index (χ0n) is 14.3. The minimum atomic E-state index is -0.647. The zero-order chi connectivity index (χ0) is 19.7. The fourth-order valence-corrected chi connectivity index (χ4v) is 3.25. The van der Waals surface area contributed by atoms with Crippen molar-refractivity contribution in [3.8, 4) is 17.1 Å². The largest absolute Gasteiger partial charge is 0.456 e. The molecule has 6 heteroatoms. The number of rotatable bonds is 3. The monoisotopic (exact) mass is 410 g/mol. The molecule has 4 nitrogen and oxygen atoms in total. The Morgan fingerprint density at radius 3 is 2.43 bits per heavy atom. The molecule has 138 valence electrons. The summed E-state index contributed by atoms with van der Waals surface area (Å²) >= 11 is 11.9. The molecule has 1 heterocycles. The lowest BCUT2D eigenvalue weighted by atomic mass is 10.1. The quantitative estimate of drug-likeness (QED) is 0.307. The number of benzene rings is 3. The average Bonchev–Trinajstić information content (AvgIpc) is 2.69. The summed E-state index contributed by atoms with van der Waals surface area (Å²) in [6.07, 6.45) is 0. The molecule has 0 aliphatic rings. The Labute approximate surface area is 169 Å². The van der Waals surface area contributed by atoms with E-state index in [0.717, 1.165) is 5.56 Å². The molecule has 0 amide bonds. The van der Waals surface area contributed by atoms with Crippen molar-refractivity contribution in [1.82, 2.24) is 0 Å². The first kappa shape index (κ1) is 18.3. The van der Waals surface area contributed by atoms with Gasteiger partial charge in [0.05, 0.1) is 16.0 Å². The number of esters is 1. The summed E-state index contributed by atoms with van der Waals surface area (Å²) in [4.78, 5) is 24.9. The number of carbonyl (C=O) groups excluding carboxylic acids is 1. The van der Waals surface area contributed by atoms with E-state index in [0.29, 0.717) is 21.8 Å². The Balaban J connectivity index is 1.67. The van der Waals surface area contributed by atoms with Crippen molar-refractivity contribution in [2.75, 3.05) is 0 Å². The van der Waals surface area contributed by atoms with Crippen LogP contribution in [0.5, 0.6) is 5.75 Å². The fourth-order valence-electron chi connectivity index (χ4n) is 2.76. The highest BCUT2D eigenvalue weighted by molar-refractivity contribution is 6.36. The third kappa shape index (κ3) is 3.65. The van der Waals surface area contributed by atoms with Crippen LogP contribution in [0.4, 0.5) is 0 Å². The topological polar surface area (TPSA) is 56.5 Å². The Kier molecular flexibility index (Phi) is 4.90. The van der Waals surface area contributed by atoms with Crippen LogP contribution in [0.2, 0.25) is 10.0 Å². The van der Waals surface area contributed by atoms with E-state index >= 15 is 0 Å². The van der Waals surface area contributed by atoms with Crippen LogP contribution in [-0.4, -0.2) is 5.97 Å². The lowest BCUT2D eigenvalue weighted by Gasteiger charge is -2.08. The third-order valence-electron chi connectivity index (χ3n) is 4.12. The van der Waals surface area contributed by atoms with Gasteiger partial charge >= 0.3 is 5.97 Å². The van der Waals surface area contributed by atoms with E-state index in [1.807, 2.05) is 30.3 Å². The maximum atomic E-state index is 12.5. The molecule has 0 saturated carbocycles. The van der Waals surface area contributed by atoms with Crippen LogP contribution in [-0.2, 0) is 0 Å². The Morgan fingerprint density at radius 1 is 0.893 bits per heavy atom. The minimum Gasteiger partial charge on any atom is -0.456 e. The van der Waals surface area contributed by atoms with Gasteiger partial charge in [-0.25, -0.2) is 4.79 Å². The molecular formula is C22H12Cl2O4. The molecule has 0 unspecified atom stereocenters. The maximum absolute atomic E-state index is 12.5. The van der Waals surface area contributed by atoms with Crippen LogP contribution in [0.1, 0.15) is 10.4 Å². The van der Waals surface area contributed by atoms with Crippen LogP contribution in [0.3, 0.4) is 0 Å². The van der Waals surface area contributed by atoms with Crippen molar-refractivity contribution in [2.24, 2.45) is 0 Å². The second kappa shape index (κ2) is 7.50. The molecule has 0 spiro atoms. The highest BCUT2D eigenvalue weighted by Gasteiger charge is 2.15. The lowest BCUT2D eigenvalue weighted by Crippen LogP contribution is -2.09. The Morgan fingerprint density at radius 2 is 1.68 bits per heavy atom. The van der Waals surface area contributed by atoms with E-state index in [1.54, 1.807) is 18.2 Å². The van der Waals surface area contributed by atoms with Gasteiger partial charge in [0.2, 0.25) is 0 Å². The molecule has 3 aromatic carbocycles. The molecular weight excluding hydrogens is 399 g/mol. The first-order chi connectivity index (χ1) is 13.5. The van der Waals surface area contributed by atoms with E-state index in [9.17, 15) is 9.59 Å². The molecule has 0 N–H and O–H groups in total. The number of halogens is 2. The first-order valence-corrected chi connectivity index (χ1v) is 9.07. The van der Waals surface area contributed by atoms with E-state index in [1.165, 1.54) is 24.3 Å². The summed E-state index contributed by atoms with van der Waals surface area (Å²) in [5.41, 5.74) is 1.14. The van der Waals surface area contributed by atoms with Gasteiger partial charge in [0, 0.05) is 16.7 Å². The number of carbonyl (C=O) groups is 1. The molecule has 0 aliphatic heterocycles. The molecule has 4 aromatic rings. The van der Waals surface area contributed by atoms with E-state index in [2.05, 4.69) is 0 Å².